The Morgan fingerprint density at radius 1 is 0.724 bits per heavy atom. The maximum Gasteiger partial charge on any atom is 0.193 e. The molecule has 0 amide bonds. The molecule has 5 aromatic rings. The predicted octanol–water partition coefficient (Wildman–Crippen LogP) is 7.24. The molecule has 142 valence electrons. The second-order valence-corrected chi connectivity index (χ2v) is 7.79. The lowest BCUT2D eigenvalue weighted by Gasteiger charge is -2.12. The van der Waals surface area contributed by atoms with Crippen LogP contribution in [0, 0.1) is 0 Å². The van der Waals surface area contributed by atoms with Crippen LogP contribution in [0.4, 0.5) is 0 Å². The number of ketones is 1. The van der Waals surface area contributed by atoms with Gasteiger partial charge in [-0.25, -0.2) is 0 Å². The molecule has 1 heterocycles. The lowest BCUT2D eigenvalue weighted by molar-refractivity contribution is 0.103. The normalized spacial score (nSPS) is 10.8. The standard InChI is InChI=1S/C25H16O2S.BrH/c26-18-12-10-17(11-13-18)25(27)20-14-15-22-24(19-8-4-5-9-21(19)28-22)23(20)16-6-2-1-3-7-16;/h1-15,26H;1H. The maximum absolute atomic E-state index is 13.4. The van der Waals surface area contributed by atoms with Crippen molar-refractivity contribution in [2.45, 2.75) is 0 Å². The number of phenolic OH excluding ortho intramolecular Hbond substituents is 1. The van der Waals surface area contributed by atoms with E-state index in [4.69, 9.17) is 0 Å². The van der Waals surface area contributed by atoms with E-state index in [0.29, 0.717) is 11.1 Å². The Labute approximate surface area is 182 Å². The molecule has 0 saturated heterocycles. The lowest BCUT2D eigenvalue weighted by atomic mass is 9.90. The molecular weight excluding hydrogens is 444 g/mol. The first kappa shape index (κ1) is 19.4. The summed E-state index contributed by atoms with van der Waals surface area (Å²) in [7, 11) is 0. The number of hydrogen-bond acceptors (Lipinski definition) is 3. The fourth-order valence-corrected chi connectivity index (χ4v) is 4.79. The number of fused-ring (bicyclic) bond motifs is 3. The number of phenols is 1. The van der Waals surface area contributed by atoms with E-state index in [0.717, 1.165) is 16.5 Å². The van der Waals surface area contributed by atoms with Crippen LogP contribution in [0.3, 0.4) is 0 Å². The molecule has 0 bridgehead atoms. The molecule has 0 radical (unpaired) electrons. The van der Waals surface area contributed by atoms with Crippen molar-refractivity contribution < 1.29 is 9.90 Å². The smallest absolute Gasteiger partial charge is 0.193 e. The van der Waals surface area contributed by atoms with E-state index in [1.165, 1.54) is 14.8 Å². The Hall–Kier alpha value is -2.95. The van der Waals surface area contributed by atoms with Crippen LogP contribution >= 0.6 is 28.3 Å². The molecular formula is C25H17BrO2S. The quantitative estimate of drug-likeness (QED) is 0.288. The number of hydrogen-bond donors (Lipinski definition) is 1. The molecule has 2 nitrogen and oxygen atoms in total. The molecule has 4 heteroatoms. The summed E-state index contributed by atoms with van der Waals surface area (Å²) in [6.07, 6.45) is 0. The van der Waals surface area contributed by atoms with Gasteiger partial charge in [0.15, 0.2) is 5.78 Å². The Balaban J connectivity index is 0.00000205. The third kappa shape index (κ3) is 3.35. The van der Waals surface area contributed by atoms with E-state index in [1.807, 2.05) is 42.5 Å². The summed E-state index contributed by atoms with van der Waals surface area (Å²) < 4.78 is 2.38. The third-order valence-corrected chi connectivity index (χ3v) is 6.12. The fourth-order valence-electron chi connectivity index (χ4n) is 3.68. The van der Waals surface area contributed by atoms with E-state index < -0.39 is 0 Å². The first-order chi connectivity index (χ1) is 13.7. The van der Waals surface area contributed by atoms with E-state index in [-0.39, 0.29) is 28.5 Å². The van der Waals surface area contributed by atoms with Crippen molar-refractivity contribution in [3.8, 4) is 16.9 Å². The summed E-state index contributed by atoms with van der Waals surface area (Å²) in [4.78, 5) is 13.4. The summed E-state index contributed by atoms with van der Waals surface area (Å²) >= 11 is 1.74. The van der Waals surface area contributed by atoms with Crippen molar-refractivity contribution in [2.75, 3.05) is 0 Å². The second-order valence-electron chi connectivity index (χ2n) is 6.70. The Bertz CT molecular complexity index is 1320. The van der Waals surface area contributed by atoms with E-state index in [1.54, 1.807) is 35.6 Å². The SMILES string of the molecule is Br.O=C(c1ccc(O)cc1)c1ccc2sc3ccccc3c2c1-c1ccccc1. The number of carbonyl (C=O) groups excluding carboxylic acids is 1. The molecule has 29 heavy (non-hydrogen) atoms. The summed E-state index contributed by atoms with van der Waals surface area (Å²) in [5.41, 5.74) is 3.23. The van der Waals surface area contributed by atoms with E-state index in [9.17, 15) is 9.90 Å². The molecule has 0 aliphatic carbocycles. The molecule has 0 fully saturated rings. The van der Waals surface area contributed by atoms with Gasteiger partial charge in [0.25, 0.3) is 0 Å². The second kappa shape index (κ2) is 7.82. The molecule has 0 spiro atoms. The fraction of sp³-hybridized carbons (Fsp3) is 0. The van der Waals surface area contributed by atoms with Crippen LogP contribution in [0.2, 0.25) is 0 Å². The minimum Gasteiger partial charge on any atom is -0.508 e. The van der Waals surface area contributed by atoms with Crippen LogP contribution in [0.5, 0.6) is 5.75 Å². The minimum atomic E-state index is -0.0453. The van der Waals surface area contributed by atoms with E-state index in [2.05, 4.69) is 24.3 Å². The van der Waals surface area contributed by atoms with Crippen molar-refractivity contribution in [2.24, 2.45) is 0 Å². The molecule has 1 N–H and O–H groups in total. The summed E-state index contributed by atoms with van der Waals surface area (Å²) in [5, 5.41) is 11.9. The van der Waals surface area contributed by atoms with Gasteiger partial charge in [0.05, 0.1) is 0 Å². The zero-order chi connectivity index (χ0) is 19.1. The van der Waals surface area contributed by atoms with Crippen molar-refractivity contribution in [1.82, 2.24) is 0 Å². The van der Waals surface area contributed by atoms with Gasteiger partial charge in [-0.1, -0.05) is 48.5 Å². The molecule has 4 aromatic carbocycles. The zero-order valence-electron chi connectivity index (χ0n) is 15.3. The molecule has 5 rings (SSSR count). The highest BCUT2D eigenvalue weighted by Gasteiger charge is 2.20. The minimum absolute atomic E-state index is 0. The number of thiophene rings is 1. The van der Waals surface area contributed by atoms with Gasteiger partial charge in [0, 0.05) is 36.9 Å². The predicted molar refractivity (Wildman–Crippen MR) is 127 cm³/mol. The Kier molecular flexibility index (Phi) is 5.22. The van der Waals surface area contributed by atoms with Crippen LogP contribution in [0.15, 0.2) is 91.0 Å². The number of carbonyl (C=O) groups is 1. The van der Waals surface area contributed by atoms with Gasteiger partial charge in [-0.2, -0.15) is 0 Å². The molecule has 1 aromatic heterocycles. The van der Waals surface area contributed by atoms with Crippen LogP contribution in [0.25, 0.3) is 31.3 Å². The van der Waals surface area contributed by atoms with Gasteiger partial charge in [-0.3, -0.25) is 4.79 Å². The van der Waals surface area contributed by atoms with Gasteiger partial charge < -0.3 is 5.11 Å². The van der Waals surface area contributed by atoms with Gasteiger partial charge >= 0.3 is 0 Å². The molecule has 0 atom stereocenters. The number of halogens is 1. The summed E-state index contributed by atoms with van der Waals surface area (Å²) in [6, 6.07) is 28.8. The van der Waals surface area contributed by atoms with Gasteiger partial charge in [0.1, 0.15) is 5.75 Å². The molecule has 0 saturated carbocycles. The molecule has 0 unspecified atom stereocenters. The van der Waals surface area contributed by atoms with Gasteiger partial charge in [-0.15, -0.1) is 28.3 Å². The van der Waals surface area contributed by atoms with Crippen molar-refractivity contribution in [1.29, 1.82) is 0 Å². The average molecular weight is 461 g/mol. The van der Waals surface area contributed by atoms with Crippen LogP contribution in [0.1, 0.15) is 15.9 Å². The van der Waals surface area contributed by atoms with Crippen LogP contribution in [-0.2, 0) is 0 Å². The average Bonchev–Trinajstić information content (AvgIpc) is 3.12. The number of aromatic hydroxyl groups is 1. The summed E-state index contributed by atoms with van der Waals surface area (Å²) in [5.74, 6) is 0.107. The van der Waals surface area contributed by atoms with Crippen LogP contribution < -0.4 is 0 Å². The van der Waals surface area contributed by atoms with E-state index >= 15 is 0 Å². The number of rotatable bonds is 3. The zero-order valence-corrected chi connectivity index (χ0v) is 17.9. The number of benzene rings is 4. The summed E-state index contributed by atoms with van der Waals surface area (Å²) in [6.45, 7) is 0. The Morgan fingerprint density at radius 2 is 1.41 bits per heavy atom. The first-order valence-corrected chi connectivity index (χ1v) is 9.87. The highest BCUT2D eigenvalue weighted by Crippen LogP contribution is 2.42. The maximum atomic E-state index is 13.4. The Morgan fingerprint density at radius 3 is 2.17 bits per heavy atom. The van der Waals surface area contributed by atoms with Crippen molar-refractivity contribution in [3.05, 3.63) is 102 Å². The topological polar surface area (TPSA) is 37.3 Å². The van der Waals surface area contributed by atoms with Crippen molar-refractivity contribution in [3.63, 3.8) is 0 Å². The first-order valence-electron chi connectivity index (χ1n) is 9.06. The molecule has 0 aliphatic heterocycles. The van der Waals surface area contributed by atoms with Crippen LogP contribution in [-0.4, -0.2) is 10.9 Å². The van der Waals surface area contributed by atoms with Crippen molar-refractivity contribution >= 4 is 54.3 Å². The highest BCUT2D eigenvalue weighted by atomic mass is 79.9. The highest BCUT2D eigenvalue weighted by molar-refractivity contribution is 8.93. The van der Waals surface area contributed by atoms with Gasteiger partial charge in [-0.05, 0) is 48.0 Å². The van der Waals surface area contributed by atoms with Gasteiger partial charge in [0.2, 0.25) is 0 Å². The molecule has 0 aliphatic rings. The largest absolute Gasteiger partial charge is 0.508 e. The lowest BCUT2D eigenvalue weighted by Crippen LogP contribution is -2.03. The monoisotopic (exact) mass is 460 g/mol. The third-order valence-electron chi connectivity index (χ3n) is 4.98.